The van der Waals surface area contributed by atoms with Crippen molar-refractivity contribution in [3.05, 3.63) is 23.9 Å². The van der Waals surface area contributed by atoms with E-state index in [2.05, 4.69) is 25.2 Å². The molecule has 0 radical (unpaired) electrons. The van der Waals surface area contributed by atoms with Gasteiger partial charge < -0.3 is 20.0 Å². The van der Waals surface area contributed by atoms with Crippen molar-refractivity contribution in [2.75, 3.05) is 43.6 Å². The van der Waals surface area contributed by atoms with E-state index < -0.39 is 18.0 Å². The summed E-state index contributed by atoms with van der Waals surface area (Å²) in [5, 5.41) is 24.3. The number of aromatic nitrogens is 5. The lowest BCUT2D eigenvalue weighted by atomic mass is 9.98. The number of aliphatic carboxylic acids is 1. The zero-order valence-corrected chi connectivity index (χ0v) is 17.6. The minimum atomic E-state index is -5.08. The number of carboxylic acids is 1. The lowest BCUT2D eigenvalue weighted by Crippen LogP contribution is -2.38. The maximum Gasteiger partial charge on any atom is 0.490 e. The van der Waals surface area contributed by atoms with Gasteiger partial charge in [0.05, 0.1) is 11.9 Å². The highest BCUT2D eigenvalue weighted by atomic mass is 19.4. The predicted molar refractivity (Wildman–Crippen MR) is 106 cm³/mol. The van der Waals surface area contributed by atoms with Gasteiger partial charge in [0.1, 0.15) is 0 Å². The quantitative estimate of drug-likeness (QED) is 0.612. The summed E-state index contributed by atoms with van der Waals surface area (Å²) in [7, 11) is 3.53. The third kappa shape index (κ3) is 7.28. The molecule has 2 aromatic heterocycles. The van der Waals surface area contributed by atoms with Gasteiger partial charge in [0.25, 0.3) is 0 Å². The summed E-state index contributed by atoms with van der Waals surface area (Å²) >= 11 is 0. The minimum absolute atomic E-state index is 0.0754. The van der Waals surface area contributed by atoms with Crippen LogP contribution in [-0.4, -0.2) is 81.1 Å². The first-order chi connectivity index (χ1) is 15.0. The number of anilines is 2. The number of nitrogens with zero attached hydrogens (tertiary/aromatic N) is 7. The molecule has 1 aliphatic rings. The first-order valence-electron chi connectivity index (χ1n) is 9.76. The molecule has 0 aliphatic carbocycles. The number of aliphatic hydroxyl groups is 1. The monoisotopic (exact) mass is 463 g/mol. The molecule has 0 amide bonds. The van der Waals surface area contributed by atoms with E-state index in [-0.39, 0.29) is 6.61 Å². The van der Waals surface area contributed by atoms with Crippen LogP contribution < -0.4 is 9.80 Å². The number of halogens is 4. The standard InChI is InChI=1S/C16H24FN7O.C2HF3O2/c1-22(2)15-14(17)8-18-16(19-15)23-6-3-4-12(9-23)10-24-11-13(5-7-25)20-21-24;3-2(4,5)1(6)7/h8,11-12,25H,3-7,9-10H2,1-2H3;(H,6,7). The average Bonchev–Trinajstić information content (AvgIpc) is 3.15. The average molecular weight is 463 g/mol. The molecule has 1 fully saturated rings. The van der Waals surface area contributed by atoms with Gasteiger partial charge in [0.2, 0.25) is 5.95 Å². The Hall–Kier alpha value is -3.03. The molecule has 1 saturated heterocycles. The molecule has 10 nitrogen and oxygen atoms in total. The number of hydrogen-bond donors (Lipinski definition) is 2. The Bertz CT molecular complexity index is 892. The van der Waals surface area contributed by atoms with E-state index in [0.717, 1.165) is 38.2 Å². The Morgan fingerprint density at radius 2 is 2.03 bits per heavy atom. The van der Waals surface area contributed by atoms with Crippen molar-refractivity contribution >= 4 is 17.7 Å². The van der Waals surface area contributed by atoms with Crippen molar-refractivity contribution in [1.82, 2.24) is 25.0 Å². The Morgan fingerprint density at radius 1 is 1.34 bits per heavy atom. The molecule has 3 rings (SSSR count). The van der Waals surface area contributed by atoms with Crippen molar-refractivity contribution in [3.8, 4) is 0 Å². The molecule has 178 valence electrons. The van der Waals surface area contributed by atoms with Crippen LogP contribution in [0.1, 0.15) is 18.5 Å². The topological polar surface area (TPSA) is 121 Å². The molecule has 0 spiro atoms. The van der Waals surface area contributed by atoms with Crippen LogP contribution in [0.4, 0.5) is 29.3 Å². The number of piperidine rings is 1. The molecule has 0 bridgehead atoms. The Kier molecular flexibility index (Phi) is 8.69. The second-order valence-electron chi connectivity index (χ2n) is 7.40. The summed E-state index contributed by atoms with van der Waals surface area (Å²) in [4.78, 5) is 21.2. The minimum Gasteiger partial charge on any atom is -0.475 e. The normalized spacial score (nSPS) is 16.3. The summed E-state index contributed by atoms with van der Waals surface area (Å²) in [6.07, 6.45) is 0.676. The smallest absolute Gasteiger partial charge is 0.475 e. The van der Waals surface area contributed by atoms with Crippen molar-refractivity contribution < 1.29 is 32.6 Å². The van der Waals surface area contributed by atoms with Crippen LogP contribution in [-0.2, 0) is 17.8 Å². The predicted octanol–water partition coefficient (Wildman–Crippen LogP) is 1.36. The van der Waals surface area contributed by atoms with Gasteiger partial charge in [-0.3, -0.25) is 4.68 Å². The number of carbonyl (C=O) groups is 1. The highest BCUT2D eigenvalue weighted by Gasteiger charge is 2.38. The van der Waals surface area contributed by atoms with Gasteiger partial charge in [-0.15, -0.1) is 5.10 Å². The van der Waals surface area contributed by atoms with Crippen molar-refractivity contribution in [3.63, 3.8) is 0 Å². The number of rotatable bonds is 6. The summed E-state index contributed by atoms with van der Waals surface area (Å²) in [6, 6.07) is 0. The SMILES string of the molecule is CN(C)c1nc(N2CCCC(Cn3cc(CCO)nn3)C2)ncc1F.O=C(O)C(F)(F)F. The third-order valence-corrected chi connectivity index (χ3v) is 4.58. The van der Waals surface area contributed by atoms with Gasteiger partial charge in [-0.25, -0.2) is 14.2 Å². The van der Waals surface area contributed by atoms with E-state index in [1.54, 1.807) is 19.0 Å². The second kappa shape index (κ2) is 11.0. The van der Waals surface area contributed by atoms with Gasteiger partial charge in [0.15, 0.2) is 11.6 Å². The van der Waals surface area contributed by atoms with E-state index in [4.69, 9.17) is 15.0 Å². The molecule has 0 aromatic carbocycles. The van der Waals surface area contributed by atoms with Crippen molar-refractivity contribution in [2.24, 2.45) is 5.92 Å². The summed E-state index contributed by atoms with van der Waals surface area (Å²) in [5.74, 6) is -1.91. The van der Waals surface area contributed by atoms with E-state index in [9.17, 15) is 17.6 Å². The first kappa shape index (κ1) is 25.2. The van der Waals surface area contributed by atoms with Crippen LogP contribution in [0.5, 0.6) is 0 Å². The van der Waals surface area contributed by atoms with Crippen molar-refractivity contribution in [2.45, 2.75) is 32.0 Å². The van der Waals surface area contributed by atoms with Gasteiger partial charge in [-0.1, -0.05) is 5.21 Å². The highest BCUT2D eigenvalue weighted by Crippen LogP contribution is 2.24. The van der Waals surface area contributed by atoms with Crippen LogP contribution in [0.2, 0.25) is 0 Å². The summed E-state index contributed by atoms with van der Waals surface area (Å²) in [6.45, 7) is 2.50. The molecular formula is C18H25F4N7O3. The van der Waals surface area contributed by atoms with Gasteiger partial charge in [-0.05, 0) is 18.8 Å². The molecule has 1 aliphatic heterocycles. The molecule has 3 heterocycles. The Balaban J connectivity index is 0.000000451. The van der Waals surface area contributed by atoms with Crippen molar-refractivity contribution in [1.29, 1.82) is 0 Å². The van der Waals surface area contributed by atoms with Crippen LogP contribution >= 0.6 is 0 Å². The van der Waals surface area contributed by atoms with Crippen LogP contribution in [0.15, 0.2) is 12.4 Å². The molecular weight excluding hydrogens is 438 g/mol. The third-order valence-electron chi connectivity index (χ3n) is 4.58. The summed E-state index contributed by atoms with van der Waals surface area (Å²) < 4.78 is 47.4. The Labute approximate surface area is 181 Å². The van der Waals surface area contributed by atoms with E-state index >= 15 is 0 Å². The van der Waals surface area contributed by atoms with Gasteiger partial charge >= 0.3 is 12.1 Å². The Morgan fingerprint density at radius 3 is 2.62 bits per heavy atom. The van der Waals surface area contributed by atoms with E-state index in [1.807, 2.05) is 10.9 Å². The van der Waals surface area contributed by atoms with Gasteiger partial charge in [0, 0.05) is 53.0 Å². The fourth-order valence-electron chi connectivity index (χ4n) is 3.13. The maximum atomic E-state index is 13.8. The molecule has 0 saturated carbocycles. The zero-order valence-electron chi connectivity index (χ0n) is 17.6. The zero-order chi connectivity index (χ0) is 23.9. The molecule has 1 atom stereocenters. The molecule has 2 N–H and O–H groups in total. The molecule has 32 heavy (non-hydrogen) atoms. The first-order valence-corrected chi connectivity index (χ1v) is 9.76. The largest absolute Gasteiger partial charge is 0.490 e. The van der Waals surface area contributed by atoms with Crippen LogP contribution in [0, 0.1) is 11.7 Å². The number of aliphatic hydroxyl groups excluding tert-OH is 1. The maximum absolute atomic E-state index is 13.8. The number of hydrogen-bond acceptors (Lipinski definition) is 8. The number of carboxylic acid groups (broad SMARTS) is 1. The fraction of sp³-hybridized carbons (Fsp3) is 0.611. The van der Waals surface area contributed by atoms with E-state index in [1.165, 1.54) is 6.20 Å². The summed E-state index contributed by atoms with van der Waals surface area (Å²) in [5.41, 5.74) is 0.799. The van der Waals surface area contributed by atoms with Crippen LogP contribution in [0.25, 0.3) is 0 Å². The lowest BCUT2D eigenvalue weighted by molar-refractivity contribution is -0.192. The van der Waals surface area contributed by atoms with Crippen LogP contribution in [0.3, 0.4) is 0 Å². The molecule has 14 heteroatoms. The second-order valence-corrected chi connectivity index (χ2v) is 7.40. The lowest BCUT2D eigenvalue weighted by Gasteiger charge is -2.33. The molecule has 1 unspecified atom stereocenters. The molecule has 2 aromatic rings. The highest BCUT2D eigenvalue weighted by molar-refractivity contribution is 5.73. The van der Waals surface area contributed by atoms with Gasteiger partial charge in [-0.2, -0.15) is 18.2 Å². The number of alkyl halides is 3. The van der Waals surface area contributed by atoms with E-state index in [0.29, 0.717) is 24.1 Å². The fourth-order valence-corrected chi connectivity index (χ4v) is 3.13.